The minimum atomic E-state index is -4.50. The highest BCUT2D eigenvalue weighted by Crippen LogP contribution is 2.45. The SMILES string of the molecule is COc1ccc(CN(Cc2ccc(OC)cc2)S(=O)(=O)c2c(Br)ccc(-c3cccc4sc(N(C(=O)OC(C)(C)C)C(=O)OC(C)(C)C)nc34)c2-c2nnn(Cc3ccc(OC)cc3)n2)cc1. The molecule has 0 radical (unpaired) electrons. The number of nitrogens with zero attached hydrogens (tertiary/aromatic N) is 7. The summed E-state index contributed by atoms with van der Waals surface area (Å²) in [5.74, 6) is 1.93. The summed E-state index contributed by atoms with van der Waals surface area (Å²) in [7, 11) is 0.211. The first kappa shape index (κ1) is 48.5. The minimum Gasteiger partial charge on any atom is -0.497 e. The number of methoxy groups -OCH3 is 3. The highest BCUT2D eigenvalue weighted by atomic mass is 79.9. The molecule has 0 aliphatic carbocycles. The van der Waals surface area contributed by atoms with E-state index < -0.39 is 33.4 Å². The highest BCUT2D eigenvalue weighted by molar-refractivity contribution is 9.10. The molecule has 16 nitrogen and oxygen atoms in total. The predicted molar refractivity (Wildman–Crippen MR) is 259 cm³/mol. The van der Waals surface area contributed by atoms with Gasteiger partial charge in [0.15, 0.2) is 0 Å². The van der Waals surface area contributed by atoms with Crippen LogP contribution in [0.4, 0.5) is 14.7 Å². The molecule has 0 fully saturated rings. The van der Waals surface area contributed by atoms with E-state index in [-0.39, 0.29) is 45.5 Å². The van der Waals surface area contributed by atoms with Crippen LogP contribution >= 0.6 is 27.3 Å². The molecule has 0 atom stereocenters. The Morgan fingerprint density at radius 1 is 0.687 bits per heavy atom. The van der Waals surface area contributed by atoms with Gasteiger partial charge < -0.3 is 23.7 Å². The van der Waals surface area contributed by atoms with E-state index in [0.717, 1.165) is 21.8 Å². The lowest BCUT2D eigenvalue weighted by Crippen LogP contribution is -2.43. The van der Waals surface area contributed by atoms with Gasteiger partial charge in [0.2, 0.25) is 21.0 Å². The van der Waals surface area contributed by atoms with E-state index in [9.17, 15) is 9.59 Å². The van der Waals surface area contributed by atoms with E-state index in [1.54, 1.807) is 117 Å². The predicted octanol–water partition coefficient (Wildman–Crippen LogP) is 10.5. The van der Waals surface area contributed by atoms with Crippen molar-refractivity contribution in [1.82, 2.24) is 29.5 Å². The van der Waals surface area contributed by atoms with E-state index in [2.05, 4.69) is 26.2 Å². The van der Waals surface area contributed by atoms with Gasteiger partial charge >= 0.3 is 12.2 Å². The van der Waals surface area contributed by atoms with Crippen LogP contribution in [0, 0.1) is 0 Å². The molecule has 19 heteroatoms. The first-order valence-corrected chi connectivity index (χ1v) is 24.0. The molecule has 2 heterocycles. The molecule has 350 valence electrons. The van der Waals surface area contributed by atoms with Gasteiger partial charge in [0.25, 0.3) is 0 Å². The zero-order valence-corrected chi connectivity index (χ0v) is 41.7. The van der Waals surface area contributed by atoms with Crippen LogP contribution in [0.15, 0.2) is 112 Å². The second kappa shape index (κ2) is 19.8. The smallest absolute Gasteiger partial charge is 0.426 e. The number of anilines is 1. The van der Waals surface area contributed by atoms with Crippen molar-refractivity contribution in [2.75, 3.05) is 26.2 Å². The average Bonchev–Trinajstić information content (AvgIpc) is 3.93. The third kappa shape index (κ3) is 11.4. The molecule has 7 rings (SSSR count). The molecular formula is C48H50BrN7O9S2. The molecule has 0 saturated carbocycles. The van der Waals surface area contributed by atoms with Crippen molar-refractivity contribution in [2.45, 2.75) is 77.3 Å². The van der Waals surface area contributed by atoms with Crippen LogP contribution in [0.5, 0.6) is 17.2 Å². The lowest BCUT2D eigenvalue weighted by Gasteiger charge is -2.27. The summed E-state index contributed by atoms with van der Waals surface area (Å²) in [6.45, 7) is 10.3. The van der Waals surface area contributed by atoms with Gasteiger partial charge in [0.05, 0.1) is 43.7 Å². The maximum absolute atomic E-state index is 15.7. The van der Waals surface area contributed by atoms with Gasteiger partial charge in [0, 0.05) is 23.1 Å². The quantitative estimate of drug-likeness (QED) is 0.101. The van der Waals surface area contributed by atoms with E-state index in [0.29, 0.717) is 49.7 Å². The average molecular weight is 1010 g/mol. The number of hydrogen-bond acceptors (Lipinski definition) is 14. The van der Waals surface area contributed by atoms with E-state index in [1.165, 1.54) is 9.10 Å². The zero-order chi connectivity index (χ0) is 48.3. The Morgan fingerprint density at radius 2 is 1.19 bits per heavy atom. The maximum Gasteiger partial charge on any atom is 0.426 e. The summed E-state index contributed by atoms with van der Waals surface area (Å²) in [4.78, 5) is 34.4. The summed E-state index contributed by atoms with van der Waals surface area (Å²) >= 11 is 4.69. The van der Waals surface area contributed by atoms with Crippen LogP contribution in [0.25, 0.3) is 32.7 Å². The number of benzene rings is 5. The number of rotatable bonds is 14. The van der Waals surface area contributed by atoms with E-state index in [1.807, 2.05) is 48.5 Å². The number of imide groups is 1. The number of carbonyl (C=O) groups excluding carboxylic acids is 2. The Balaban J connectivity index is 1.44. The number of halogens is 1. The summed E-state index contributed by atoms with van der Waals surface area (Å²) in [5.41, 5.74) is 1.65. The standard InChI is InChI=1S/C48H50BrN7O9S2/c1-47(2,3)64-45(57)56(46(58)65-48(4,5)6)44-50-41-37(11-10-12-39(41)66-44)36-25-26-38(49)42(40(36)43-51-53-55(52-43)29-32-17-23-35(63-9)24-18-32)67(59,60)54(27-30-13-19-33(61-7)20-14-30)28-31-15-21-34(62-8)22-16-31/h10-26H,27-29H2,1-9H3. The fraction of sp³-hybridized carbons (Fsp3) is 0.292. The molecule has 0 N–H and O–H groups in total. The number of para-hydroxylation sites is 1. The molecule has 67 heavy (non-hydrogen) atoms. The van der Waals surface area contributed by atoms with Crippen LogP contribution in [0.2, 0.25) is 0 Å². The van der Waals surface area contributed by atoms with Crippen molar-refractivity contribution in [3.63, 3.8) is 0 Å². The Hall–Kier alpha value is -6.41. The Kier molecular flexibility index (Phi) is 14.4. The van der Waals surface area contributed by atoms with Gasteiger partial charge in [-0.05, 0) is 133 Å². The monoisotopic (exact) mass is 1010 g/mol. The third-order valence-electron chi connectivity index (χ3n) is 9.94. The van der Waals surface area contributed by atoms with Gasteiger partial charge in [-0.1, -0.05) is 65.9 Å². The van der Waals surface area contributed by atoms with Crippen LogP contribution in [0.1, 0.15) is 58.2 Å². The molecule has 0 unspecified atom stereocenters. The highest BCUT2D eigenvalue weighted by Gasteiger charge is 2.37. The van der Waals surface area contributed by atoms with Gasteiger partial charge in [-0.25, -0.2) is 23.0 Å². The number of ether oxygens (including phenoxy) is 5. The number of hydrogen-bond donors (Lipinski definition) is 0. The van der Waals surface area contributed by atoms with E-state index >= 15 is 8.42 Å². The lowest BCUT2D eigenvalue weighted by molar-refractivity contribution is 0.0430. The van der Waals surface area contributed by atoms with Crippen molar-refractivity contribution >= 4 is 64.8 Å². The molecule has 2 aromatic heterocycles. The summed E-state index contributed by atoms with van der Waals surface area (Å²) in [5, 5.41) is 13.7. The van der Waals surface area contributed by atoms with Gasteiger partial charge in [0.1, 0.15) is 33.3 Å². The molecule has 0 bridgehead atoms. The number of tetrazole rings is 1. The largest absolute Gasteiger partial charge is 0.497 e. The number of thiazole rings is 1. The topological polar surface area (TPSA) is 177 Å². The van der Waals surface area contributed by atoms with Crippen LogP contribution in [-0.4, -0.2) is 82.6 Å². The van der Waals surface area contributed by atoms with Crippen LogP contribution in [-0.2, 0) is 39.1 Å². The summed E-state index contributed by atoms with van der Waals surface area (Å²) in [6.07, 6.45) is -1.96. The number of aromatic nitrogens is 5. The van der Waals surface area contributed by atoms with Crippen molar-refractivity contribution in [2.24, 2.45) is 0 Å². The second-order valence-electron chi connectivity index (χ2n) is 17.2. The zero-order valence-electron chi connectivity index (χ0n) is 38.4. The first-order valence-electron chi connectivity index (χ1n) is 20.9. The van der Waals surface area contributed by atoms with Crippen molar-refractivity contribution < 1.29 is 41.7 Å². The van der Waals surface area contributed by atoms with Crippen molar-refractivity contribution in [3.8, 4) is 39.8 Å². The van der Waals surface area contributed by atoms with Gasteiger partial charge in [-0.2, -0.15) is 14.0 Å². The Labute approximate surface area is 401 Å². The molecule has 0 aliphatic rings. The Morgan fingerprint density at radius 3 is 1.69 bits per heavy atom. The molecule has 0 saturated heterocycles. The normalized spacial score (nSPS) is 12.0. The number of carbonyl (C=O) groups is 2. The Bertz CT molecular complexity index is 2920. The number of sulfonamides is 1. The van der Waals surface area contributed by atoms with Crippen LogP contribution in [0.3, 0.4) is 0 Å². The first-order chi connectivity index (χ1) is 31.8. The number of fused-ring (bicyclic) bond motifs is 1. The van der Waals surface area contributed by atoms with Gasteiger partial charge in [-0.15, -0.1) is 10.2 Å². The summed E-state index contributed by atoms with van der Waals surface area (Å²) in [6, 6.07) is 30.4. The maximum atomic E-state index is 15.7. The molecule has 7 aromatic rings. The second-order valence-corrected chi connectivity index (χ2v) is 20.9. The number of amides is 2. The molecular weight excluding hydrogens is 963 g/mol. The fourth-order valence-electron chi connectivity index (χ4n) is 6.88. The van der Waals surface area contributed by atoms with Crippen molar-refractivity contribution in [1.29, 1.82) is 0 Å². The molecule has 2 amide bonds. The summed E-state index contributed by atoms with van der Waals surface area (Å²) < 4.78 is 61.0. The molecule has 0 spiro atoms. The molecule has 0 aliphatic heterocycles. The van der Waals surface area contributed by atoms with Crippen molar-refractivity contribution in [3.05, 3.63) is 124 Å². The fourth-order valence-corrected chi connectivity index (χ4v) is 10.5. The minimum absolute atomic E-state index is 0.00817. The molecule has 5 aromatic carbocycles. The third-order valence-corrected chi connectivity index (χ3v) is 13.8. The van der Waals surface area contributed by atoms with E-state index in [4.69, 9.17) is 33.8 Å². The lowest BCUT2D eigenvalue weighted by atomic mass is 9.98. The van der Waals surface area contributed by atoms with Gasteiger partial charge in [-0.3, -0.25) is 0 Å². The van der Waals surface area contributed by atoms with Crippen LogP contribution < -0.4 is 19.1 Å².